The number of amides is 4. The highest BCUT2D eigenvalue weighted by Crippen LogP contribution is 2.40. The molecule has 5 rings (SSSR count). The third kappa shape index (κ3) is 5.05. The van der Waals surface area contributed by atoms with Gasteiger partial charge in [-0.1, -0.05) is 48.5 Å². The van der Waals surface area contributed by atoms with E-state index in [1.807, 2.05) is 61.5 Å². The SMILES string of the molecule is Cc1cccnc1CN1CCC2(CC1)C(=O)N(c1ccc(-c3ccccc3)cc1)C(=O)N2C(=O)CCC(=O)O. The highest BCUT2D eigenvalue weighted by atomic mass is 16.4. The van der Waals surface area contributed by atoms with Crippen molar-refractivity contribution in [2.45, 2.75) is 44.7 Å². The fourth-order valence-corrected chi connectivity index (χ4v) is 5.42. The van der Waals surface area contributed by atoms with Gasteiger partial charge in [0.05, 0.1) is 17.8 Å². The molecule has 1 N–H and O–H groups in total. The average molecular weight is 527 g/mol. The van der Waals surface area contributed by atoms with E-state index in [0.717, 1.165) is 32.2 Å². The maximum absolute atomic E-state index is 14.0. The fourth-order valence-electron chi connectivity index (χ4n) is 5.42. The Morgan fingerprint density at radius 2 is 1.56 bits per heavy atom. The molecule has 2 aliphatic heterocycles. The lowest BCUT2D eigenvalue weighted by Gasteiger charge is -2.41. The van der Waals surface area contributed by atoms with Crippen molar-refractivity contribution in [3.8, 4) is 11.1 Å². The first kappa shape index (κ1) is 26.2. The Morgan fingerprint density at radius 1 is 0.897 bits per heavy atom. The molecule has 2 fully saturated rings. The minimum absolute atomic E-state index is 0.265. The Labute approximate surface area is 226 Å². The Kier molecular flexibility index (Phi) is 7.26. The monoisotopic (exact) mass is 526 g/mol. The molecule has 4 amide bonds. The first-order valence-corrected chi connectivity index (χ1v) is 13.0. The largest absolute Gasteiger partial charge is 0.481 e. The molecule has 1 spiro atoms. The smallest absolute Gasteiger partial charge is 0.339 e. The number of aromatic nitrogens is 1. The number of urea groups is 1. The van der Waals surface area contributed by atoms with Gasteiger partial charge in [-0.25, -0.2) is 14.6 Å². The van der Waals surface area contributed by atoms with Crippen LogP contribution in [-0.4, -0.2) is 62.3 Å². The van der Waals surface area contributed by atoms with Crippen LogP contribution in [0.15, 0.2) is 72.9 Å². The van der Waals surface area contributed by atoms with Gasteiger partial charge >= 0.3 is 12.0 Å². The number of imide groups is 2. The number of carboxylic acid groups (broad SMARTS) is 1. The Hall–Kier alpha value is -4.37. The van der Waals surface area contributed by atoms with Crippen molar-refractivity contribution in [2.24, 2.45) is 0 Å². The normalized spacial score (nSPS) is 17.2. The summed E-state index contributed by atoms with van der Waals surface area (Å²) < 4.78 is 0. The summed E-state index contributed by atoms with van der Waals surface area (Å²) in [6.45, 7) is 3.57. The van der Waals surface area contributed by atoms with Gasteiger partial charge in [-0.05, 0) is 54.7 Å². The van der Waals surface area contributed by atoms with Crippen LogP contribution >= 0.6 is 0 Å². The van der Waals surface area contributed by atoms with Crippen molar-refractivity contribution < 1.29 is 24.3 Å². The lowest BCUT2D eigenvalue weighted by atomic mass is 9.85. The van der Waals surface area contributed by atoms with Gasteiger partial charge in [0, 0.05) is 32.3 Å². The Balaban J connectivity index is 1.42. The molecule has 2 aliphatic rings. The van der Waals surface area contributed by atoms with Crippen molar-refractivity contribution in [2.75, 3.05) is 18.0 Å². The van der Waals surface area contributed by atoms with Crippen molar-refractivity contribution in [3.05, 3.63) is 84.2 Å². The molecule has 9 heteroatoms. The standard InChI is InChI=1S/C30H30N4O5/c1-21-6-5-17-31-25(21)20-32-18-15-30(16-19-32)28(38)33(29(39)34(30)26(35)13-14-27(36)37)24-11-9-23(10-12-24)22-7-3-2-4-8-22/h2-12,17H,13-16,18-20H2,1H3,(H,36,37). The molecule has 1 aromatic heterocycles. The van der Waals surface area contributed by atoms with Gasteiger partial charge in [0.1, 0.15) is 5.54 Å². The van der Waals surface area contributed by atoms with Crippen molar-refractivity contribution in [3.63, 3.8) is 0 Å². The minimum atomic E-state index is -1.35. The predicted molar refractivity (Wildman–Crippen MR) is 145 cm³/mol. The molecule has 0 atom stereocenters. The number of rotatable bonds is 7. The first-order chi connectivity index (χ1) is 18.8. The number of anilines is 1. The first-order valence-electron chi connectivity index (χ1n) is 13.0. The lowest BCUT2D eigenvalue weighted by molar-refractivity contribution is -0.144. The molecule has 0 bridgehead atoms. The molecule has 2 aromatic carbocycles. The van der Waals surface area contributed by atoms with Gasteiger partial charge < -0.3 is 5.11 Å². The number of hydrogen-bond donors (Lipinski definition) is 1. The number of carboxylic acids is 1. The second-order valence-electron chi connectivity index (χ2n) is 10.0. The van der Waals surface area contributed by atoms with Crippen LogP contribution in [-0.2, 0) is 20.9 Å². The van der Waals surface area contributed by atoms with E-state index in [4.69, 9.17) is 5.11 Å². The van der Waals surface area contributed by atoms with E-state index < -0.39 is 35.8 Å². The summed E-state index contributed by atoms with van der Waals surface area (Å²) in [4.78, 5) is 60.8. The fraction of sp³-hybridized carbons (Fsp3) is 0.300. The van der Waals surface area contributed by atoms with Crippen LogP contribution in [0.25, 0.3) is 11.1 Å². The molecule has 39 heavy (non-hydrogen) atoms. The van der Waals surface area contributed by atoms with Gasteiger partial charge in [0.25, 0.3) is 5.91 Å². The minimum Gasteiger partial charge on any atom is -0.481 e. The second-order valence-corrected chi connectivity index (χ2v) is 10.0. The number of likely N-dealkylation sites (tertiary alicyclic amines) is 1. The molecule has 0 radical (unpaired) electrons. The summed E-state index contributed by atoms with van der Waals surface area (Å²) in [6.07, 6.45) is 1.51. The summed E-state index contributed by atoms with van der Waals surface area (Å²) in [5.41, 5.74) is 2.98. The van der Waals surface area contributed by atoms with Gasteiger partial charge in [0.2, 0.25) is 5.91 Å². The van der Waals surface area contributed by atoms with Gasteiger partial charge in [-0.15, -0.1) is 0 Å². The third-order valence-corrected chi connectivity index (χ3v) is 7.62. The van der Waals surface area contributed by atoms with Crippen LogP contribution in [0.4, 0.5) is 10.5 Å². The Bertz CT molecular complexity index is 1400. The van der Waals surface area contributed by atoms with E-state index in [-0.39, 0.29) is 19.3 Å². The molecule has 0 saturated carbocycles. The summed E-state index contributed by atoms with van der Waals surface area (Å²) in [6, 6.07) is 20.0. The predicted octanol–water partition coefficient (Wildman–Crippen LogP) is 4.25. The zero-order valence-electron chi connectivity index (χ0n) is 21.7. The number of aliphatic carboxylic acids is 1. The number of benzene rings is 2. The maximum atomic E-state index is 14.0. The van der Waals surface area contributed by atoms with Crippen LogP contribution in [0.1, 0.15) is 36.9 Å². The van der Waals surface area contributed by atoms with Crippen LogP contribution in [0, 0.1) is 6.92 Å². The number of carbonyl (C=O) groups excluding carboxylic acids is 3. The molecule has 200 valence electrons. The van der Waals surface area contributed by atoms with E-state index in [2.05, 4.69) is 9.88 Å². The van der Waals surface area contributed by atoms with Gasteiger partial charge in [0.15, 0.2) is 0 Å². The zero-order chi connectivity index (χ0) is 27.6. The molecule has 0 unspecified atom stereocenters. The number of pyridine rings is 1. The maximum Gasteiger partial charge on any atom is 0.339 e. The second kappa shape index (κ2) is 10.8. The van der Waals surface area contributed by atoms with E-state index in [1.165, 1.54) is 0 Å². The van der Waals surface area contributed by atoms with Crippen LogP contribution < -0.4 is 4.90 Å². The summed E-state index contributed by atoms with van der Waals surface area (Å²) in [5.74, 6) is -2.23. The number of piperidine rings is 1. The number of nitrogens with zero attached hydrogens (tertiary/aromatic N) is 4. The topological polar surface area (TPSA) is 111 Å². The van der Waals surface area contributed by atoms with Crippen molar-refractivity contribution >= 4 is 29.5 Å². The highest BCUT2D eigenvalue weighted by Gasteiger charge is 2.60. The zero-order valence-corrected chi connectivity index (χ0v) is 21.7. The third-order valence-electron chi connectivity index (χ3n) is 7.62. The lowest BCUT2D eigenvalue weighted by Crippen LogP contribution is -2.58. The molecule has 3 heterocycles. The van der Waals surface area contributed by atoms with Crippen LogP contribution in [0.2, 0.25) is 0 Å². The molecule has 9 nitrogen and oxygen atoms in total. The number of carbonyl (C=O) groups is 4. The molecule has 0 aliphatic carbocycles. The molecule has 2 saturated heterocycles. The average Bonchev–Trinajstić information content (AvgIpc) is 3.15. The van der Waals surface area contributed by atoms with Crippen molar-refractivity contribution in [1.29, 1.82) is 0 Å². The van der Waals surface area contributed by atoms with E-state index in [9.17, 15) is 19.2 Å². The molecular formula is C30H30N4O5. The summed E-state index contributed by atoms with van der Waals surface area (Å²) >= 11 is 0. The van der Waals surface area contributed by atoms with Crippen molar-refractivity contribution in [1.82, 2.24) is 14.8 Å². The summed E-state index contributed by atoms with van der Waals surface area (Å²) in [7, 11) is 0. The summed E-state index contributed by atoms with van der Waals surface area (Å²) in [5, 5.41) is 9.13. The Morgan fingerprint density at radius 3 is 2.21 bits per heavy atom. The van der Waals surface area contributed by atoms with Crippen LogP contribution in [0.3, 0.4) is 0 Å². The van der Waals surface area contributed by atoms with Gasteiger partial charge in [-0.2, -0.15) is 0 Å². The van der Waals surface area contributed by atoms with Gasteiger partial charge in [-0.3, -0.25) is 24.3 Å². The van der Waals surface area contributed by atoms with E-state index in [0.29, 0.717) is 25.3 Å². The molecule has 3 aromatic rings. The number of hydrogen-bond acceptors (Lipinski definition) is 6. The molecular weight excluding hydrogens is 496 g/mol. The van der Waals surface area contributed by atoms with E-state index in [1.54, 1.807) is 18.3 Å². The highest BCUT2D eigenvalue weighted by molar-refractivity contribution is 6.27. The van der Waals surface area contributed by atoms with Crippen LogP contribution in [0.5, 0.6) is 0 Å². The van der Waals surface area contributed by atoms with E-state index >= 15 is 0 Å². The number of aryl methyl sites for hydroxylation is 1. The quantitative estimate of drug-likeness (QED) is 0.458.